The second-order valence-corrected chi connectivity index (χ2v) is 7.70. The third-order valence-corrected chi connectivity index (χ3v) is 5.80. The summed E-state index contributed by atoms with van der Waals surface area (Å²) in [6.45, 7) is 2.82. The van der Waals surface area contributed by atoms with Crippen LogP contribution in [-0.4, -0.2) is 66.3 Å². The van der Waals surface area contributed by atoms with Gasteiger partial charge in [-0.25, -0.2) is 0 Å². The second-order valence-electron chi connectivity index (χ2n) is 6.58. The first-order valence-corrected chi connectivity index (χ1v) is 10.0. The number of para-hydroxylation sites is 1. The number of nitro groups is 1. The number of hydrogen-bond acceptors (Lipinski definition) is 6. The van der Waals surface area contributed by atoms with Crippen LogP contribution in [-0.2, 0) is 9.59 Å². The normalized spacial score (nSPS) is 14.9. The molecule has 0 atom stereocenters. The van der Waals surface area contributed by atoms with Crippen LogP contribution >= 0.6 is 11.3 Å². The number of hydrogen-bond donors (Lipinski definition) is 1. The van der Waals surface area contributed by atoms with Gasteiger partial charge >= 0.3 is 0 Å². The lowest BCUT2D eigenvalue weighted by Gasteiger charge is -2.33. The van der Waals surface area contributed by atoms with E-state index < -0.39 is 4.92 Å². The van der Waals surface area contributed by atoms with Gasteiger partial charge in [-0.05, 0) is 24.3 Å². The van der Waals surface area contributed by atoms with Gasteiger partial charge in [0, 0.05) is 55.1 Å². The Hall–Kier alpha value is -3.04. The third-order valence-electron chi connectivity index (χ3n) is 4.71. The van der Waals surface area contributed by atoms with E-state index >= 15 is 0 Å². The van der Waals surface area contributed by atoms with Gasteiger partial charge in [-0.3, -0.25) is 24.6 Å². The number of likely N-dealkylation sites (N-methyl/N-ethyl adjacent to an activating group) is 1. The lowest BCUT2D eigenvalue weighted by Crippen LogP contribution is -2.50. The molecule has 0 aliphatic carbocycles. The van der Waals surface area contributed by atoms with E-state index in [0.29, 0.717) is 38.3 Å². The van der Waals surface area contributed by atoms with Gasteiger partial charge in [0.2, 0.25) is 11.8 Å². The van der Waals surface area contributed by atoms with Crippen molar-refractivity contribution in [1.82, 2.24) is 15.1 Å². The largest absolute Gasteiger partial charge is 0.358 e. The average molecular weight is 414 g/mol. The highest BCUT2D eigenvalue weighted by molar-refractivity contribution is 7.16. The summed E-state index contributed by atoms with van der Waals surface area (Å²) in [5.74, 6) is -0.109. The Morgan fingerprint density at radius 2 is 1.90 bits per heavy atom. The van der Waals surface area contributed by atoms with Crippen LogP contribution in [0.3, 0.4) is 0 Å². The SMILES string of the molecule is CNC(=O)CN1CCN(C(=O)C=Cc2ccc(-c3ccccc3[N+](=O)[O-])s2)CC1. The molecular formula is C20H22N4O4S. The van der Waals surface area contributed by atoms with Crippen molar-refractivity contribution >= 4 is 34.9 Å². The summed E-state index contributed by atoms with van der Waals surface area (Å²) in [5, 5.41) is 13.8. The fourth-order valence-corrected chi connectivity index (χ4v) is 4.04. The lowest BCUT2D eigenvalue weighted by atomic mass is 10.1. The van der Waals surface area contributed by atoms with Crippen LogP contribution < -0.4 is 5.32 Å². The van der Waals surface area contributed by atoms with E-state index in [-0.39, 0.29) is 17.5 Å². The summed E-state index contributed by atoms with van der Waals surface area (Å²) in [7, 11) is 1.61. The highest BCUT2D eigenvalue weighted by Gasteiger charge is 2.21. The number of piperazine rings is 1. The number of amides is 2. The number of rotatable bonds is 6. The number of carbonyl (C=O) groups is 2. The van der Waals surface area contributed by atoms with E-state index in [4.69, 9.17) is 0 Å². The number of nitrogens with zero attached hydrogens (tertiary/aromatic N) is 3. The Morgan fingerprint density at radius 3 is 2.59 bits per heavy atom. The number of benzene rings is 1. The number of nitro benzene ring substituents is 1. The van der Waals surface area contributed by atoms with Crippen molar-refractivity contribution in [3.8, 4) is 10.4 Å². The Morgan fingerprint density at radius 1 is 1.17 bits per heavy atom. The summed E-state index contributed by atoms with van der Waals surface area (Å²) < 4.78 is 0. The van der Waals surface area contributed by atoms with Crippen LogP contribution in [0.5, 0.6) is 0 Å². The molecule has 1 aromatic heterocycles. The van der Waals surface area contributed by atoms with E-state index in [1.165, 1.54) is 23.5 Å². The molecule has 1 N–H and O–H groups in total. The molecule has 1 saturated heterocycles. The van der Waals surface area contributed by atoms with Crippen molar-refractivity contribution in [3.05, 3.63) is 57.5 Å². The van der Waals surface area contributed by atoms with Crippen molar-refractivity contribution in [3.63, 3.8) is 0 Å². The molecule has 2 aromatic rings. The maximum Gasteiger partial charge on any atom is 0.278 e. The molecule has 8 nitrogen and oxygen atoms in total. The average Bonchev–Trinajstić information content (AvgIpc) is 3.21. The molecule has 29 heavy (non-hydrogen) atoms. The summed E-state index contributed by atoms with van der Waals surface area (Å²) in [4.78, 5) is 40.1. The van der Waals surface area contributed by atoms with Gasteiger partial charge < -0.3 is 10.2 Å². The maximum absolute atomic E-state index is 12.4. The fourth-order valence-electron chi connectivity index (χ4n) is 3.10. The maximum atomic E-state index is 12.4. The predicted octanol–water partition coefficient (Wildman–Crippen LogP) is 2.23. The zero-order chi connectivity index (χ0) is 20.8. The molecule has 1 aliphatic heterocycles. The van der Waals surface area contributed by atoms with Gasteiger partial charge in [-0.2, -0.15) is 0 Å². The van der Waals surface area contributed by atoms with Gasteiger partial charge in [-0.1, -0.05) is 12.1 Å². The predicted molar refractivity (Wildman–Crippen MR) is 113 cm³/mol. The Kier molecular flexibility index (Phi) is 6.73. The quantitative estimate of drug-likeness (QED) is 0.444. The van der Waals surface area contributed by atoms with E-state index in [1.807, 2.05) is 17.0 Å². The second kappa shape index (κ2) is 9.44. The zero-order valence-electron chi connectivity index (χ0n) is 16.0. The Labute approximate surface area is 172 Å². The van der Waals surface area contributed by atoms with Crippen LogP contribution in [0.25, 0.3) is 16.5 Å². The van der Waals surface area contributed by atoms with Gasteiger partial charge in [0.1, 0.15) is 0 Å². The van der Waals surface area contributed by atoms with Gasteiger partial charge in [-0.15, -0.1) is 11.3 Å². The molecule has 1 aromatic carbocycles. The van der Waals surface area contributed by atoms with Crippen molar-refractivity contribution in [2.24, 2.45) is 0 Å². The summed E-state index contributed by atoms with van der Waals surface area (Å²) >= 11 is 1.40. The number of carbonyl (C=O) groups excluding carboxylic acids is 2. The van der Waals surface area contributed by atoms with Crippen LogP contribution in [0, 0.1) is 10.1 Å². The lowest BCUT2D eigenvalue weighted by molar-refractivity contribution is -0.384. The monoisotopic (exact) mass is 414 g/mol. The van der Waals surface area contributed by atoms with Crippen LogP contribution in [0.15, 0.2) is 42.5 Å². The number of nitrogens with one attached hydrogen (secondary N) is 1. The first-order chi connectivity index (χ1) is 14.0. The molecule has 9 heteroatoms. The van der Waals surface area contributed by atoms with Crippen LogP contribution in [0.1, 0.15) is 4.88 Å². The first kappa shape index (κ1) is 20.7. The van der Waals surface area contributed by atoms with Gasteiger partial charge in [0.25, 0.3) is 5.69 Å². The minimum Gasteiger partial charge on any atom is -0.358 e. The molecule has 3 rings (SSSR count). The van der Waals surface area contributed by atoms with Crippen molar-refractivity contribution < 1.29 is 14.5 Å². The third kappa shape index (κ3) is 5.27. The Balaban J connectivity index is 1.60. The molecule has 0 saturated carbocycles. The van der Waals surface area contributed by atoms with Crippen LogP contribution in [0.4, 0.5) is 5.69 Å². The van der Waals surface area contributed by atoms with E-state index in [2.05, 4.69) is 5.32 Å². The van der Waals surface area contributed by atoms with E-state index in [1.54, 1.807) is 36.2 Å². The smallest absolute Gasteiger partial charge is 0.278 e. The minimum atomic E-state index is -0.391. The number of thiophene rings is 1. The molecule has 0 bridgehead atoms. The molecule has 1 aliphatic rings. The minimum absolute atomic E-state index is 0.0307. The highest BCUT2D eigenvalue weighted by Crippen LogP contribution is 2.35. The van der Waals surface area contributed by atoms with E-state index in [9.17, 15) is 19.7 Å². The highest BCUT2D eigenvalue weighted by atomic mass is 32.1. The zero-order valence-corrected chi connectivity index (χ0v) is 16.9. The molecule has 0 unspecified atom stereocenters. The van der Waals surface area contributed by atoms with Gasteiger partial charge in [0.15, 0.2) is 0 Å². The van der Waals surface area contributed by atoms with Crippen molar-refractivity contribution in [1.29, 1.82) is 0 Å². The first-order valence-electron chi connectivity index (χ1n) is 9.21. The summed E-state index contributed by atoms with van der Waals surface area (Å²) in [5.41, 5.74) is 0.635. The van der Waals surface area contributed by atoms with Crippen molar-refractivity contribution in [2.75, 3.05) is 39.8 Å². The Bertz CT molecular complexity index is 932. The van der Waals surface area contributed by atoms with E-state index in [0.717, 1.165) is 9.75 Å². The molecule has 1 fully saturated rings. The van der Waals surface area contributed by atoms with Crippen LogP contribution in [0.2, 0.25) is 0 Å². The van der Waals surface area contributed by atoms with Gasteiger partial charge in [0.05, 0.1) is 17.0 Å². The fraction of sp³-hybridized carbons (Fsp3) is 0.300. The topological polar surface area (TPSA) is 95.8 Å². The summed E-state index contributed by atoms with van der Waals surface area (Å²) in [6.07, 6.45) is 3.27. The van der Waals surface area contributed by atoms with Crippen molar-refractivity contribution in [2.45, 2.75) is 0 Å². The molecule has 152 valence electrons. The molecule has 2 heterocycles. The molecule has 0 radical (unpaired) electrons. The molecule has 0 spiro atoms. The molecular weight excluding hydrogens is 392 g/mol. The standard InChI is InChI=1S/C20H22N4O4S/c1-21-19(25)14-22-10-12-23(13-11-22)20(26)9-7-15-6-8-18(29-15)16-4-2-3-5-17(16)24(27)28/h2-9H,10-14H2,1H3,(H,21,25). The molecule has 2 amide bonds. The summed E-state index contributed by atoms with van der Waals surface area (Å²) in [6, 6.07) is 10.3.